The van der Waals surface area contributed by atoms with E-state index in [2.05, 4.69) is 10.1 Å². The molecule has 0 radical (unpaired) electrons. The van der Waals surface area contributed by atoms with Gasteiger partial charge in [-0.25, -0.2) is 0 Å². The summed E-state index contributed by atoms with van der Waals surface area (Å²) in [6, 6.07) is 6.74. The molecule has 1 aromatic carbocycles. The van der Waals surface area contributed by atoms with Gasteiger partial charge in [0, 0.05) is 13.3 Å². The molecule has 0 bridgehead atoms. The Balaban J connectivity index is 2.17. The van der Waals surface area contributed by atoms with E-state index in [1.807, 2.05) is 0 Å². The molecule has 0 aliphatic rings. The first-order valence-electron chi connectivity index (χ1n) is 5.76. The Labute approximate surface area is 106 Å². The molecule has 0 heterocycles. The molecular weight excluding hydrogens is 234 g/mol. The van der Waals surface area contributed by atoms with Crippen LogP contribution in [-0.4, -0.2) is 30.1 Å². The second-order valence-electron chi connectivity index (χ2n) is 3.86. The summed E-state index contributed by atoms with van der Waals surface area (Å²) >= 11 is 0. The van der Waals surface area contributed by atoms with Gasteiger partial charge in [-0.05, 0) is 24.1 Å². The average Bonchev–Trinajstić information content (AvgIpc) is 2.34. The van der Waals surface area contributed by atoms with Crippen LogP contribution in [0.1, 0.15) is 18.9 Å². The highest BCUT2D eigenvalue weighted by Gasteiger charge is 2.02. The van der Waals surface area contributed by atoms with E-state index in [1.165, 1.54) is 6.92 Å². The van der Waals surface area contributed by atoms with Crippen LogP contribution in [0.25, 0.3) is 0 Å². The van der Waals surface area contributed by atoms with E-state index in [1.54, 1.807) is 24.3 Å². The Morgan fingerprint density at radius 1 is 1.28 bits per heavy atom. The van der Waals surface area contributed by atoms with Crippen LogP contribution in [-0.2, 0) is 20.7 Å². The molecule has 0 fully saturated rings. The smallest absolute Gasteiger partial charge is 0.302 e. The van der Waals surface area contributed by atoms with Gasteiger partial charge in [0.05, 0.1) is 6.54 Å². The number of hydrogen-bond donors (Lipinski definition) is 2. The Morgan fingerprint density at radius 2 is 1.94 bits per heavy atom. The summed E-state index contributed by atoms with van der Waals surface area (Å²) in [5.74, 6) is -0.229. The number of ether oxygens (including phenoxy) is 1. The van der Waals surface area contributed by atoms with E-state index in [4.69, 9.17) is 5.11 Å². The highest BCUT2D eigenvalue weighted by atomic mass is 16.5. The third-order valence-electron chi connectivity index (χ3n) is 2.31. The van der Waals surface area contributed by atoms with Crippen LogP contribution in [0.15, 0.2) is 24.3 Å². The first-order chi connectivity index (χ1) is 8.58. The van der Waals surface area contributed by atoms with E-state index < -0.39 is 0 Å². The molecule has 1 rings (SSSR count). The van der Waals surface area contributed by atoms with Crippen molar-refractivity contribution < 1.29 is 19.4 Å². The molecular formula is C13H17NO4. The van der Waals surface area contributed by atoms with Crippen molar-refractivity contribution in [3.63, 3.8) is 0 Å². The number of amides is 1. The second kappa shape index (κ2) is 7.32. The molecule has 0 saturated carbocycles. The Kier molecular flexibility index (Phi) is 5.70. The number of phenolic OH excluding ortho intramolecular Hbond substituents is 1. The standard InChI is InChI=1S/C13H17NO4/c1-10(15)18-9-8-14-13(17)7-4-11-2-5-12(16)6-3-11/h2-3,5-6,16H,4,7-9H2,1H3,(H,14,17). The lowest BCUT2D eigenvalue weighted by molar-refractivity contribution is -0.141. The van der Waals surface area contributed by atoms with Crippen LogP contribution < -0.4 is 5.32 Å². The maximum atomic E-state index is 11.4. The first-order valence-corrected chi connectivity index (χ1v) is 5.76. The fraction of sp³-hybridized carbons (Fsp3) is 0.385. The highest BCUT2D eigenvalue weighted by molar-refractivity contribution is 5.76. The largest absolute Gasteiger partial charge is 0.508 e. The maximum absolute atomic E-state index is 11.4. The van der Waals surface area contributed by atoms with Crippen molar-refractivity contribution in [2.75, 3.05) is 13.2 Å². The molecule has 0 spiro atoms. The van der Waals surface area contributed by atoms with Gasteiger partial charge in [-0.1, -0.05) is 12.1 Å². The topological polar surface area (TPSA) is 75.6 Å². The number of benzene rings is 1. The lowest BCUT2D eigenvalue weighted by Gasteiger charge is -2.05. The lowest BCUT2D eigenvalue weighted by atomic mass is 10.1. The monoisotopic (exact) mass is 251 g/mol. The molecule has 0 aromatic heterocycles. The normalized spacial score (nSPS) is 9.83. The average molecular weight is 251 g/mol. The molecule has 1 aromatic rings. The quantitative estimate of drug-likeness (QED) is 0.584. The van der Waals surface area contributed by atoms with Gasteiger partial charge in [-0.15, -0.1) is 0 Å². The summed E-state index contributed by atoms with van der Waals surface area (Å²) in [6.07, 6.45) is 0.977. The molecule has 1 amide bonds. The van der Waals surface area contributed by atoms with Crippen LogP contribution >= 0.6 is 0 Å². The SMILES string of the molecule is CC(=O)OCCNC(=O)CCc1ccc(O)cc1. The number of aromatic hydroxyl groups is 1. The number of phenols is 1. The zero-order valence-electron chi connectivity index (χ0n) is 10.3. The molecule has 0 aliphatic heterocycles. The minimum Gasteiger partial charge on any atom is -0.508 e. The minimum atomic E-state index is -0.353. The summed E-state index contributed by atoms with van der Waals surface area (Å²) in [6.45, 7) is 1.85. The van der Waals surface area contributed by atoms with Crippen molar-refractivity contribution >= 4 is 11.9 Å². The molecule has 0 atom stereocenters. The van der Waals surface area contributed by atoms with E-state index in [0.717, 1.165) is 5.56 Å². The number of rotatable bonds is 6. The molecule has 0 saturated heterocycles. The lowest BCUT2D eigenvalue weighted by Crippen LogP contribution is -2.27. The molecule has 0 aliphatic carbocycles. The number of carbonyl (C=O) groups excluding carboxylic acids is 2. The highest BCUT2D eigenvalue weighted by Crippen LogP contribution is 2.10. The predicted octanol–water partition coefficient (Wildman–Crippen LogP) is 1.00. The van der Waals surface area contributed by atoms with Gasteiger partial charge < -0.3 is 15.2 Å². The molecule has 5 nitrogen and oxygen atoms in total. The van der Waals surface area contributed by atoms with E-state index >= 15 is 0 Å². The van der Waals surface area contributed by atoms with E-state index in [-0.39, 0.29) is 24.2 Å². The fourth-order valence-corrected chi connectivity index (χ4v) is 1.39. The van der Waals surface area contributed by atoms with Crippen molar-refractivity contribution in [1.82, 2.24) is 5.32 Å². The van der Waals surface area contributed by atoms with Gasteiger partial charge >= 0.3 is 5.97 Å². The Hall–Kier alpha value is -2.04. The summed E-state index contributed by atoms with van der Waals surface area (Å²) < 4.78 is 4.69. The number of esters is 1. The van der Waals surface area contributed by atoms with Gasteiger partial charge in [0.25, 0.3) is 0 Å². The number of aryl methyl sites for hydroxylation is 1. The summed E-state index contributed by atoms with van der Waals surface area (Å²) in [4.78, 5) is 21.9. The third-order valence-corrected chi connectivity index (χ3v) is 2.31. The van der Waals surface area contributed by atoms with Gasteiger partial charge in [-0.3, -0.25) is 9.59 Å². The van der Waals surface area contributed by atoms with Crippen molar-refractivity contribution in [3.05, 3.63) is 29.8 Å². The zero-order valence-corrected chi connectivity index (χ0v) is 10.3. The van der Waals surface area contributed by atoms with Crippen molar-refractivity contribution in [3.8, 4) is 5.75 Å². The molecule has 0 unspecified atom stereocenters. The fourth-order valence-electron chi connectivity index (χ4n) is 1.39. The maximum Gasteiger partial charge on any atom is 0.302 e. The summed E-state index contributed by atoms with van der Waals surface area (Å²) in [5, 5.41) is 11.8. The number of nitrogens with one attached hydrogen (secondary N) is 1. The van der Waals surface area contributed by atoms with Crippen LogP contribution in [0.2, 0.25) is 0 Å². The Bertz CT molecular complexity index is 400. The van der Waals surface area contributed by atoms with Crippen LogP contribution in [0.4, 0.5) is 0 Å². The molecule has 18 heavy (non-hydrogen) atoms. The molecule has 2 N–H and O–H groups in total. The molecule has 98 valence electrons. The van der Waals surface area contributed by atoms with Crippen LogP contribution in [0.5, 0.6) is 5.75 Å². The van der Waals surface area contributed by atoms with E-state index in [0.29, 0.717) is 19.4 Å². The Morgan fingerprint density at radius 3 is 2.56 bits per heavy atom. The van der Waals surface area contributed by atoms with Crippen LogP contribution in [0.3, 0.4) is 0 Å². The zero-order chi connectivity index (χ0) is 13.4. The van der Waals surface area contributed by atoms with Gasteiger partial charge in [0.15, 0.2) is 0 Å². The minimum absolute atomic E-state index is 0.0878. The van der Waals surface area contributed by atoms with Crippen molar-refractivity contribution in [2.24, 2.45) is 0 Å². The van der Waals surface area contributed by atoms with Gasteiger partial charge in [0.1, 0.15) is 12.4 Å². The third kappa shape index (κ3) is 5.89. The van der Waals surface area contributed by atoms with E-state index in [9.17, 15) is 9.59 Å². The van der Waals surface area contributed by atoms with Gasteiger partial charge in [0.2, 0.25) is 5.91 Å². The van der Waals surface area contributed by atoms with Crippen molar-refractivity contribution in [2.45, 2.75) is 19.8 Å². The predicted molar refractivity (Wildman–Crippen MR) is 66.1 cm³/mol. The number of hydrogen-bond acceptors (Lipinski definition) is 4. The summed E-state index contributed by atoms with van der Waals surface area (Å²) in [7, 11) is 0. The van der Waals surface area contributed by atoms with Crippen LogP contribution in [0, 0.1) is 0 Å². The summed E-state index contributed by atoms with van der Waals surface area (Å²) in [5.41, 5.74) is 0.989. The van der Waals surface area contributed by atoms with Crippen molar-refractivity contribution in [1.29, 1.82) is 0 Å². The second-order valence-corrected chi connectivity index (χ2v) is 3.86. The number of carbonyl (C=O) groups is 2. The first kappa shape index (κ1) is 14.0. The molecule has 5 heteroatoms. The van der Waals surface area contributed by atoms with Gasteiger partial charge in [-0.2, -0.15) is 0 Å².